The van der Waals surface area contributed by atoms with Crippen molar-refractivity contribution >= 4 is 14.6 Å². The van der Waals surface area contributed by atoms with Gasteiger partial charge < -0.3 is 9.16 Å². The molecule has 1 aliphatic carbocycles. The molecule has 116 valence electrons. The van der Waals surface area contributed by atoms with Gasteiger partial charge in [-0.25, -0.2) is 0 Å². The van der Waals surface area contributed by atoms with E-state index in [2.05, 4.69) is 54.6 Å². The first-order valence-corrected chi connectivity index (χ1v) is 10.6. The lowest BCUT2D eigenvalue weighted by Crippen LogP contribution is -2.55. The van der Waals surface area contributed by atoms with Crippen LogP contribution in [0, 0.1) is 5.41 Å². The first kappa shape index (κ1) is 16.2. The molecule has 0 amide bonds. The van der Waals surface area contributed by atoms with Crippen molar-refractivity contribution in [2.45, 2.75) is 89.8 Å². The number of rotatable bonds is 3. The van der Waals surface area contributed by atoms with Crippen LogP contribution in [0.1, 0.15) is 54.4 Å². The Hall–Kier alpha value is -0.193. The number of hydrogen-bond acceptors (Lipinski definition) is 3. The first-order chi connectivity index (χ1) is 8.83. The Kier molecular flexibility index (Phi) is 3.38. The Morgan fingerprint density at radius 3 is 2.25 bits per heavy atom. The van der Waals surface area contributed by atoms with Crippen LogP contribution in [-0.2, 0) is 14.0 Å². The summed E-state index contributed by atoms with van der Waals surface area (Å²) in [4.78, 5) is 11.7. The minimum absolute atomic E-state index is 0.0432. The average Bonchev–Trinajstić information content (AvgIpc) is 2.92. The van der Waals surface area contributed by atoms with Gasteiger partial charge >= 0.3 is 0 Å². The lowest BCUT2D eigenvalue weighted by atomic mass is 9.64. The highest BCUT2D eigenvalue weighted by molar-refractivity contribution is 6.74. The number of carbonyl (C=O) groups excluding carboxylic acids is 1. The van der Waals surface area contributed by atoms with Gasteiger partial charge in [0, 0.05) is 5.41 Å². The standard InChI is InChI=1S/C16H30O3Si/c1-13(2,3)20(7,8)18-12-9-10-14(4,5)16(11-17)15(12,6)19-16/h11-12H,9-10H2,1-8H3. The second-order valence-electron chi connectivity index (χ2n) is 8.85. The Bertz CT molecular complexity index is 424. The zero-order valence-corrected chi connectivity index (χ0v) is 15.3. The van der Waals surface area contributed by atoms with Crippen LogP contribution in [0.5, 0.6) is 0 Å². The van der Waals surface area contributed by atoms with E-state index in [-0.39, 0.29) is 16.6 Å². The van der Waals surface area contributed by atoms with Crippen molar-refractivity contribution in [3.05, 3.63) is 0 Å². The van der Waals surface area contributed by atoms with E-state index >= 15 is 0 Å². The number of carbonyl (C=O) groups is 1. The summed E-state index contributed by atoms with van der Waals surface area (Å²) >= 11 is 0. The number of fused-ring (bicyclic) bond motifs is 1. The van der Waals surface area contributed by atoms with Crippen molar-refractivity contribution in [1.82, 2.24) is 0 Å². The van der Waals surface area contributed by atoms with Gasteiger partial charge in [0.15, 0.2) is 20.2 Å². The molecule has 1 saturated heterocycles. The summed E-state index contributed by atoms with van der Waals surface area (Å²) in [6.07, 6.45) is 3.02. The van der Waals surface area contributed by atoms with Crippen molar-refractivity contribution in [1.29, 1.82) is 0 Å². The van der Waals surface area contributed by atoms with E-state index in [1.54, 1.807) is 0 Å². The van der Waals surface area contributed by atoms with Crippen LogP contribution in [0.4, 0.5) is 0 Å². The fourth-order valence-corrected chi connectivity index (χ4v) is 4.79. The Labute approximate surface area is 124 Å². The van der Waals surface area contributed by atoms with Gasteiger partial charge in [-0.05, 0) is 37.9 Å². The number of ether oxygens (including phenoxy) is 1. The molecule has 2 aliphatic rings. The summed E-state index contributed by atoms with van der Waals surface area (Å²) in [5, 5.41) is 0.176. The molecule has 0 bridgehead atoms. The minimum atomic E-state index is -1.84. The maximum absolute atomic E-state index is 11.7. The van der Waals surface area contributed by atoms with Crippen LogP contribution >= 0.6 is 0 Å². The zero-order chi connectivity index (χ0) is 15.6. The summed E-state index contributed by atoms with van der Waals surface area (Å²) in [7, 11) is -1.84. The highest BCUT2D eigenvalue weighted by Gasteiger charge is 2.79. The van der Waals surface area contributed by atoms with Crippen LogP contribution < -0.4 is 0 Å². The van der Waals surface area contributed by atoms with Crippen LogP contribution in [-0.4, -0.2) is 31.9 Å². The highest BCUT2D eigenvalue weighted by atomic mass is 28.4. The minimum Gasteiger partial charge on any atom is -0.411 e. The Morgan fingerprint density at radius 1 is 1.25 bits per heavy atom. The predicted molar refractivity (Wildman–Crippen MR) is 83.4 cm³/mol. The van der Waals surface area contributed by atoms with Gasteiger partial charge in [0.2, 0.25) is 0 Å². The second-order valence-corrected chi connectivity index (χ2v) is 13.6. The topological polar surface area (TPSA) is 38.8 Å². The summed E-state index contributed by atoms with van der Waals surface area (Å²) in [6.45, 7) is 17.6. The van der Waals surface area contributed by atoms with Crippen LogP contribution in [0.15, 0.2) is 0 Å². The van der Waals surface area contributed by atoms with Crippen LogP contribution in [0.25, 0.3) is 0 Å². The predicted octanol–water partition coefficient (Wildman–Crippen LogP) is 3.92. The highest BCUT2D eigenvalue weighted by Crippen LogP contribution is 2.65. The Morgan fingerprint density at radius 2 is 1.80 bits per heavy atom. The fraction of sp³-hybridized carbons (Fsp3) is 0.938. The molecule has 0 N–H and O–H groups in total. The van der Waals surface area contributed by atoms with E-state index in [9.17, 15) is 4.79 Å². The largest absolute Gasteiger partial charge is 0.411 e. The molecule has 1 heterocycles. The van der Waals surface area contributed by atoms with Crippen molar-refractivity contribution < 1.29 is 14.0 Å². The van der Waals surface area contributed by atoms with E-state index < -0.39 is 19.5 Å². The molecule has 0 spiro atoms. The summed E-state index contributed by atoms with van der Waals surface area (Å²) in [5.74, 6) is 0. The SMILES string of the molecule is CC1(C)CCC(O[Si](C)(C)C(C)(C)C)C2(C)OC12C=O. The molecule has 2 rings (SSSR count). The first-order valence-electron chi connectivity index (χ1n) is 7.67. The average molecular weight is 298 g/mol. The van der Waals surface area contributed by atoms with Crippen LogP contribution in [0.2, 0.25) is 18.1 Å². The molecule has 3 unspecified atom stereocenters. The molecule has 0 aromatic carbocycles. The van der Waals surface area contributed by atoms with E-state index in [1.165, 1.54) is 0 Å². The van der Waals surface area contributed by atoms with E-state index in [0.717, 1.165) is 19.1 Å². The van der Waals surface area contributed by atoms with Crippen molar-refractivity contribution in [2.24, 2.45) is 5.41 Å². The van der Waals surface area contributed by atoms with Gasteiger partial charge in [0.05, 0.1) is 6.10 Å². The molecule has 3 atom stereocenters. The van der Waals surface area contributed by atoms with E-state index in [4.69, 9.17) is 9.16 Å². The smallest absolute Gasteiger partial charge is 0.192 e. The summed E-state index contributed by atoms with van der Waals surface area (Å²) < 4.78 is 12.6. The zero-order valence-electron chi connectivity index (χ0n) is 14.3. The molecule has 0 radical (unpaired) electrons. The van der Waals surface area contributed by atoms with Gasteiger partial charge in [-0.15, -0.1) is 0 Å². The molecule has 3 nitrogen and oxygen atoms in total. The van der Waals surface area contributed by atoms with E-state index in [0.29, 0.717) is 0 Å². The second kappa shape index (κ2) is 4.17. The fourth-order valence-electron chi connectivity index (χ4n) is 3.38. The molecule has 4 heteroatoms. The molecule has 2 fully saturated rings. The summed E-state index contributed by atoms with van der Waals surface area (Å²) in [6, 6.07) is 0. The third-order valence-corrected chi connectivity index (χ3v) is 10.6. The lowest BCUT2D eigenvalue weighted by Gasteiger charge is -2.45. The molecule has 0 aromatic heterocycles. The lowest BCUT2D eigenvalue weighted by molar-refractivity contribution is -0.117. The molecule has 1 aliphatic heterocycles. The Balaban J connectivity index is 2.24. The number of hydrogen-bond donors (Lipinski definition) is 0. The van der Waals surface area contributed by atoms with E-state index in [1.807, 2.05) is 0 Å². The summed E-state index contributed by atoms with van der Waals surface area (Å²) in [5.41, 5.74) is -1.19. The maximum atomic E-state index is 11.7. The number of epoxide rings is 1. The number of aldehydes is 1. The van der Waals surface area contributed by atoms with Gasteiger partial charge in [0.1, 0.15) is 5.60 Å². The van der Waals surface area contributed by atoms with Gasteiger partial charge in [-0.3, -0.25) is 4.79 Å². The third kappa shape index (κ3) is 1.95. The molecule has 0 aromatic rings. The maximum Gasteiger partial charge on any atom is 0.192 e. The van der Waals surface area contributed by atoms with Gasteiger partial charge in [0.25, 0.3) is 0 Å². The van der Waals surface area contributed by atoms with Crippen molar-refractivity contribution in [3.63, 3.8) is 0 Å². The van der Waals surface area contributed by atoms with Gasteiger partial charge in [-0.2, -0.15) is 0 Å². The molecular formula is C16H30O3Si. The molecule has 1 saturated carbocycles. The van der Waals surface area contributed by atoms with Crippen molar-refractivity contribution in [2.75, 3.05) is 0 Å². The normalized spacial score (nSPS) is 40.1. The third-order valence-electron chi connectivity index (χ3n) is 6.13. The van der Waals surface area contributed by atoms with Crippen molar-refractivity contribution in [3.8, 4) is 0 Å². The van der Waals surface area contributed by atoms with Gasteiger partial charge in [-0.1, -0.05) is 34.6 Å². The quantitative estimate of drug-likeness (QED) is 0.450. The molecular weight excluding hydrogens is 268 g/mol. The monoisotopic (exact) mass is 298 g/mol. The molecule has 20 heavy (non-hydrogen) atoms. The van der Waals surface area contributed by atoms with Crippen LogP contribution in [0.3, 0.4) is 0 Å².